The van der Waals surface area contributed by atoms with Crippen molar-refractivity contribution in [1.29, 1.82) is 0 Å². The molecule has 0 unspecified atom stereocenters. The highest BCUT2D eigenvalue weighted by atomic mass is 19.1. The molecular formula is C11H11FN4. The van der Waals surface area contributed by atoms with Gasteiger partial charge in [0, 0.05) is 17.8 Å². The van der Waals surface area contributed by atoms with Gasteiger partial charge in [-0.2, -0.15) is 0 Å². The minimum absolute atomic E-state index is 0.310. The Morgan fingerprint density at radius 2 is 2.12 bits per heavy atom. The Labute approximate surface area is 92.3 Å². The zero-order valence-corrected chi connectivity index (χ0v) is 8.74. The van der Waals surface area contributed by atoms with Crippen LogP contribution in [-0.2, 0) is 0 Å². The number of nitrogens with two attached hydrogens (primary N) is 1. The molecular weight excluding hydrogens is 207 g/mol. The van der Waals surface area contributed by atoms with E-state index >= 15 is 0 Å². The molecule has 0 aliphatic carbocycles. The fourth-order valence-corrected chi connectivity index (χ4v) is 1.40. The maximum Gasteiger partial charge on any atom is 0.161 e. The Morgan fingerprint density at radius 3 is 2.88 bits per heavy atom. The summed E-state index contributed by atoms with van der Waals surface area (Å²) < 4.78 is 13.1. The van der Waals surface area contributed by atoms with Crippen LogP contribution in [0, 0.1) is 12.7 Å². The number of hydrazine groups is 1. The minimum atomic E-state index is -0.310. The minimum Gasteiger partial charge on any atom is -0.308 e. The summed E-state index contributed by atoms with van der Waals surface area (Å²) in [6.45, 7) is 1.88. The highest BCUT2D eigenvalue weighted by molar-refractivity contribution is 5.61. The molecule has 0 atom stereocenters. The van der Waals surface area contributed by atoms with Crippen LogP contribution in [-0.4, -0.2) is 9.97 Å². The van der Waals surface area contributed by atoms with Crippen LogP contribution in [0.1, 0.15) is 5.56 Å². The van der Waals surface area contributed by atoms with Crippen molar-refractivity contribution in [2.24, 2.45) is 5.84 Å². The highest BCUT2D eigenvalue weighted by Gasteiger charge is 2.06. The maximum absolute atomic E-state index is 13.1. The first-order valence-corrected chi connectivity index (χ1v) is 4.77. The average Bonchev–Trinajstić information content (AvgIpc) is 2.32. The topological polar surface area (TPSA) is 63.8 Å². The van der Waals surface area contributed by atoms with Gasteiger partial charge in [0.15, 0.2) is 5.82 Å². The lowest BCUT2D eigenvalue weighted by Crippen LogP contribution is -2.09. The Balaban J connectivity index is 2.53. The van der Waals surface area contributed by atoms with E-state index in [4.69, 9.17) is 5.84 Å². The van der Waals surface area contributed by atoms with E-state index < -0.39 is 0 Å². The van der Waals surface area contributed by atoms with Gasteiger partial charge in [-0.3, -0.25) is 0 Å². The van der Waals surface area contributed by atoms with Crippen LogP contribution in [0.5, 0.6) is 0 Å². The summed E-state index contributed by atoms with van der Waals surface area (Å²) in [4.78, 5) is 8.24. The second-order valence-corrected chi connectivity index (χ2v) is 3.37. The van der Waals surface area contributed by atoms with Gasteiger partial charge in [-0.15, -0.1) is 0 Å². The summed E-state index contributed by atoms with van der Waals surface area (Å²) in [5.74, 6) is 5.89. The van der Waals surface area contributed by atoms with Gasteiger partial charge >= 0.3 is 0 Å². The summed E-state index contributed by atoms with van der Waals surface area (Å²) in [6.07, 6.45) is 1.57. The van der Waals surface area contributed by atoms with Crippen molar-refractivity contribution in [2.75, 3.05) is 5.43 Å². The molecule has 0 aliphatic heterocycles. The summed E-state index contributed by atoms with van der Waals surface area (Å²) >= 11 is 0. The summed E-state index contributed by atoms with van der Waals surface area (Å²) in [7, 11) is 0. The molecule has 0 saturated carbocycles. The lowest BCUT2D eigenvalue weighted by Gasteiger charge is -2.05. The molecule has 5 heteroatoms. The first kappa shape index (κ1) is 10.5. The van der Waals surface area contributed by atoms with E-state index in [9.17, 15) is 4.39 Å². The Kier molecular flexibility index (Phi) is 2.78. The van der Waals surface area contributed by atoms with Gasteiger partial charge in [-0.05, 0) is 24.6 Å². The first-order chi connectivity index (χ1) is 7.70. The van der Waals surface area contributed by atoms with Crippen LogP contribution in [0.15, 0.2) is 30.5 Å². The second-order valence-electron chi connectivity index (χ2n) is 3.37. The number of nitrogens with zero attached hydrogens (tertiary/aromatic N) is 2. The van der Waals surface area contributed by atoms with Crippen LogP contribution in [0.3, 0.4) is 0 Å². The molecule has 1 aromatic carbocycles. The number of benzene rings is 1. The number of aromatic nitrogens is 2. The van der Waals surface area contributed by atoms with Crippen molar-refractivity contribution >= 4 is 5.82 Å². The largest absolute Gasteiger partial charge is 0.308 e. The molecule has 3 N–H and O–H groups in total. The van der Waals surface area contributed by atoms with Crippen LogP contribution in [0.25, 0.3) is 11.4 Å². The van der Waals surface area contributed by atoms with E-state index in [0.29, 0.717) is 17.2 Å². The van der Waals surface area contributed by atoms with Crippen molar-refractivity contribution in [3.63, 3.8) is 0 Å². The third-order valence-electron chi connectivity index (χ3n) is 2.24. The molecule has 82 valence electrons. The van der Waals surface area contributed by atoms with Crippen LogP contribution in [0.2, 0.25) is 0 Å². The molecule has 16 heavy (non-hydrogen) atoms. The van der Waals surface area contributed by atoms with Gasteiger partial charge in [0.05, 0.1) is 0 Å². The number of hydrogen-bond acceptors (Lipinski definition) is 4. The summed E-state index contributed by atoms with van der Waals surface area (Å²) in [5.41, 5.74) is 4.00. The average molecular weight is 218 g/mol. The Morgan fingerprint density at radius 1 is 1.31 bits per heavy atom. The third-order valence-corrected chi connectivity index (χ3v) is 2.24. The first-order valence-electron chi connectivity index (χ1n) is 4.77. The van der Waals surface area contributed by atoms with E-state index in [1.54, 1.807) is 18.3 Å². The van der Waals surface area contributed by atoms with E-state index in [1.165, 1.54) is 12.1 Å². The number of anilines is 1. The molecule has 2 aromatic rings. The molecule has 1 aromatic heterocycles. The lowest BCUT2D eigenvalue weighted by molar-refractivity contribution is 0.627. The zero-order valence-electron chi connectivity index (χ0n) is 8.74. The predicted molar refractivity (Wildman–Crippen MR) is 60.0 cm³/mol. The number of aryl methyl sites for hydroxylation is 1. The summed E-state index contributed by atoms with van der Waals surface area (Å²) in [5, 5.41) is 0. The van der Waals surface area contributed by atoms with Crippen LogP contribution in [0.4, 0.5) is 10.2 Å². The van der Waals surface area contributed by atoms with Crippen LogP contribution < -0.4 is 11.3 Å². The van der Waals surface area contributed by atoms with E-state index in [-0.39, 0.29) is 5.82 Å². The Hall–Kier alpha value is -2.01. The van der Waals surface area contributed by atoms with Gasteiger partial charge in [0.1, 0.15) is 11.6 Å². The molecule has 0 saturated heterocycles. The van der Waals surface area contributed by atoms with Gasteiger partial charge in [0.2, 0.25) is 0 Å². The smallest absolute Gasteiger partial charge is 0.161 e. The monoisotopic (exact) mass is 218 g/mol. The zero-order chi connectivity index (χ0) is 11.5. The fourth-order valence-electron chi connectivity index (χ4n) is 1.40. The molecule has 4 nitrogen and oxygen atoms in total. The third kappa shape index (κ3) is 1.99. The number of nitrogen functional groups attached to an aromatic ring is 1. The molecule has 0 amide bonds. The molecule has 2 rings (SSSR count). The van der Waals surface area contributed by atoms with Gasteiger partial charge in [0.25, 0.3) is 0 Å². The highest BCUT2D eigenvalue weighted by Crippen LogP contribution is 2.21. The number of halogens is 1. The van der Waals surface area contributed by atoms with E-state index in [2.05, 4.69) is 15.4 Å². The molecule has 0 spiro atoms. The molecule has 0 radical (unpaired) electrons. The van der Waals surface area contributed by atoms with Crippen molar-refractivity contribution in [1.82, 2.24) is 9.97 Å². The van der Waals surface area contributed by atoms with Gasteiger partial charge < -0.3 is 5.43 Å². The number of hydrogen-bond donors (Lipinski definition) is 2. The van der Waals surface area contributed by atoms with Gasteiger partial charge in [-0.25, -0.2) is 20.2 Å². The quantitative estimate of drug-likeness (QED) is 0.596. The molecule has 0 fully saturated rings. The standard InChI is InChI=1S/C11H11FN4/c1-7-2-3-8(12)6-9(7)11-14-5-4-10(15-11)16-13/h2-6H,13H2,1H3,(H,14,15,16). The molecule has 1 heterocycles. The number of nitrogens with one attached hydrogen (secondary N) is 1. The fraction of sp³-hybridized carbons (Fsp3) is 0.0909. The SMILES string of the molecule is Cc1ccc(F)cc1-c1nccc(NN)n1. The molecule has 0 bridgehead atoms. The van der Waals surface area contributed by atoms with E-state index in [0.717, 1.165) is 5.56 Å². The van der Waals surface area contributed by atoms with Crippen molar-refractivity contribution in [2.45, 2.75) is 6.92 Å². The maximum atomic E-state index is 13.1. The molecule has 0 aliphatic rings. The number of rotatable bonds is 2. The Bertz CT molecular complexity index is 513. The van der Waals surface area contributed by atoms with Crippen molar-refractivity contribution in [3.8, 4) is 11.4 Å². The van der Waals surface area contributed by atoms with Crippen LogP contribution >= 0.6 is 0 Å². The second kappa shape index (κ2) is 4.24. The predicted octanol–water partition coefficient (Wildman–Crippen LogP) is 1.88. The normalized spacial score (nSPS) is 10.2. The lowest BCUT2D eigenvalue weighted by atomic mass is 10.1. The van der Waals surface area contributed by atoms with Crippen molar-refractivity contribution in [3.05, 3.63) is 41.8 Å². The summed E-state index contributed by atoms with van der Waals surface area (Å²) in [6, 6.07) is 6.14. The van der Waals surface area contributed by atoms with Gasteiger partial charge in [-0.1, -0.05) is 6.07 Å². The van der Waals surface area contributed by atoms with Crippen molar-refractivity contribution < 1.29 is 4.39 Å². The van der Waals surface area contributed by atoms with E-state index in [1.807, 2.05) is 6.92 Å².